The van der Waals surface area contributed by atoms with Crippen LogP contribution in [0.15, 0.2) is 0 Å². The number of nitrogens with zero attached hydrogens (tertiary/aromatic N) is 4. The second-order valence-corrected chi connectivity index (χ2v) is 6.29. The van der Waals surface area contributed by atoms with Crippen LogP contribution >= 0.6 is 0 Å². The number of nitrogens with two attached hydrogens (primary N) is 1. The number of hydrogen-bond acceptors (Lipinski definition) is 4. The highest BCUT2D eigenvalue weighted by Gasteiger charge is 2.19. The minimum Gasteiger partial charge on any atom is -0.369 e. The fourth-order valence-corrected chi connectivity index (χ4v) is 2.40. The number of aryl methyl sites for hydroxylation is 2. The van der Waals surface area contributed by atoms with Gasteiger partial charge >= 0.3 is 0 Å². The summed E-state index contributed by atoms with van der Waals surface area (Å²) in [6, 6.07) is 0. The maximum atomic E-state index is 11.5. The van der Waals surface area contributed by atoms with Crippen LogP contribution in [-0.4, -0.2) is 35.0 Å². The fourth-order valence-electron chi connectivity index (χ4n) is 2.04. The molecule has 0 fully saturated rings. The fraction of sp³-hybridized carbons (Fsp3) is 0.636. The van der Waals surface area contributed by atoms with Gasteiger partial charge in [-0.15, -0.1) is 0 Å². The lowest BCUT2D eigenvalue weighted by Crippen LogP contribution is -2.19. The third-order valence-corrected chi connectivity index (χ3v) is 4.44. The van der Waals surface area contributed by atoms with Crippen molar-refractivity contribution in [2.75, 3.05) is 12.0 Å². The average Bonchev–Trinajstić information content (AvgIpc) is 2.78. The monoisotopic (exact) mass is 269 g/mol. The van der Waals surface area contributed by atoms with Crippen molar-refractivity contribution in [1.82, 2.24) is 19.3 Å². The Hall–Kier alpha value is -1.37. The molecule has 0 radical (unpaired) electrons. The van der Waals surface area contributed by atoms with Gasteiger partial charge < -0.3 is 5.73 Å². The topological polar surface area (TPSA) is 78.7 Å². The molecule has 6 nitrogen and oxygen atoms in total. The Kier molecular flexibility index (Phi) is 3.43. The number of aromatic nitrogens is 4. The lowest BCUT2D eigenvalue weighted by molar-refractivity contribution is 0.641. The molecular weight excluding hydrogens is 250 g/mol. The van der Waals surface area contributed by atoms with E-state index < -0.39 is 10.8 Å². The quantitative estimate of drug-likeness (QED) is 0.885. The molecule has 2 aromatic heterocycles. The molecule has 0 aliphatic heterocycles. The van der Waals surface area contributed by atoms with Crippen LogP contribution in [0.25, 0.3) is 11.2 Å². The average molecular weight is 269 g/mol. The molecule has 18 heavy (non-hydrogen) atoms. The van der Waals surface area contributed by atoms with Gasteiger partial charge in [0, 0.05) is 35.9 Å². The zero-order chi connectivity index (χ0) is 13.4. The van der Waals surface area contributed by atoms with Gasteiger partial charge in [0.2, 0.25) is 5.95 Å². The highest BCUT2D eigenvalue weighted by Crippen LogP contribution is 2.22. The van der Waals surface area contributed by atoms with E-state index in [1.165, 1.54) is 0 Å². The predicted octanol–water partition coefficient (Wildman–Crippen LogP) is 0.681. The van der Waals surface area contributed by atoms with E-state index in [0.29, 0.717) is 12.5 Å². The lowest BCUT2D eigenvalue weighted by Gasteiger charge is -2.11. The second-order valence-electron chi connectivity index (χ2n) is 4.49. The van der Waals surface area contributed by atoms with Crippen molar-refractivity contribution in [1.29, 1.82) is 0 Å². The van der Waals surface area contributed by atoms with Gasteiger partial charge in [0.05, 0.1) is 5.69 Å². The van der Waals surface area contributed by atoms with Crippen LogP contribution in [0.3, 0.4) is 0 Å². The van der Waals surface area contributed by atoms with E-state index in [1.54, 1.807) is 10.9 Å². The number of imidazole rings is 1. The molecule has 0 aliphatic carbocycles. The Balaban J connectivity index is 2.53. The zero-order valence-electron chi connectivity index (χ0n) is 11.2. The molecule has 2 rings (SSSR count). The smallest absolute Gasteiger partial charge is 0.202 e. The molecule has 2 N–H and O–H groups in total. The molecule has 100 valence electrons. The van der Waals surface area contributed by atoms with Crippen LogP contribution in [0.2, 0.25) is 0 Å². The standard InChI is InChI=1S/C11H19N5OS/c1-5-8-9-10(15(3)14-8)16(11(12)13-9)6-7(2)18(4)17/h7H,5-6H2,1-4H3,(H2,12,13). The van der Waals surface area contributed by atoms with E-state index >= 15 is 0 Å². The normalized spacial score (nSPS) is 15.1. The van der Waals surface area contributed by atoms with E-state index in [9.17, 15) is 4.21 Å². The van der Waals surface area contributed by atoms with Crippen LogP contribution in [0, 0.1) is 0 Å². The van der Waals surface area contributed by atoms with Gasteiger partial charge in [0.1, 0.15) is 5.52 Å². The number of fused-ring (bicyclic) bond motifs is 1. The summed E-state index contributed by atoms with van der Waals surface area (Å²) in [5.74, 6) is 0.463. The van der Waals surface area contributed by atoms with Crippen LogP contribution in [0.5, 0.6) is 0 Å². The lowest BCUT2D eigenvalue weighted by atomic mass is 10.3. The summed E-state index contributed by atoms with van der Waals surface area (Å²) >= 11 is 0. The van der Waals surface area contributed by atoms with E-state index in [2.05, 4.69) is 10.1 Å². The van der Waals surface area contributed by atoms with Crippen molar-refractivity contribution in [3.8, 4) is 0 Å². The molecule has 2 unspecified atom stereocenters. The third-order valence-electron chi connectivity index (χ3n) is 3.16. The largest absolute Gasteiger partial charge is 0.369 e. The molecule has 0 bridgehead atoms. The first-order chi connectivity index (χ1) is 8.45. The maximum Gasteiger partial charge on any atom is 0.202 e. The van der Waals surface area contributed by atoms with Crippen LogP contribution in [0.1, 0.15) is 19.5 Å². The Morgan fingerprint density at radius 3 is 2.72 bits per heavy atom. The van der Waals surface area contributed by atoms with Crippen molar-refractivity contribution in [3.05, 3.63) is 5.69 Å². The van der Waals surface area contributed by atoms with Gasteiger partial charge in [0.15, 0.2) is 5.65 Å². The summed E-state index contributed by atoms with van der Waals surface area (Å²) < 4.78 is 15.2. The SMILES string of the molecule is CCc1nn(C)c2c1nc(N)n2CC(C)S(C)=O. The molecule has 0 aromatic carbocycles. The highest BCUT2D eigenvalue weighted by atomic mass is 32.2. The molecule has 2 aromatic rings. The molecule has 2 atom stereocenters. The number of nitrogen functional groups attached to an aromatic ring is 1. The maximum absolute atomic E-state index is 11.5. The minimum absolute atomic E-state index is 0.0321. The summed E-state index contributed by atoms with van der Waals surface area (Å²) in [5.41, 5.74) is 8.66. The van der Waals surface area contributed by atoms with Crippen LogP contribution in [0.4, 0.5) is 5.95 Å². The first-order valence-electron chi connectivity index (χ1n) is 5.95. The van der Waals surface area contributed by atoms with Gasteiger partial charge in [0.25, 0.3) is 0 Å². The van der Waals surface area contributed by atoms with Crippen molar-refractivity contribution in [2.45, 2.75) is 32.1 Å². The summed E-state index contributed by atoms with van der Waals surface area (Å²) in [7, 11) is 1.00. The Labute approximate surface area is 109 Å². The van der Waals surface area contributed by atoms with Gasteiger partial charge in [-0.25, -0.2) is 4.98 Å². The first-order valence-corrected chi connectivity index (χ1v) is 7.57. The van der Waals surface area contributed by atoms with Crippen molar-refractivity contribution >= 4 is 27.9 Å². The third kappa shape index (κ3) is 2.03. The molecule has 0 saturated carbocycles. The van der Waals surface area contributed by atoms with E-state index in [1.807, 2.05) is 25.5 Å². The van der Waals surface area contributed by atoms with Gasteiger partial charge in [-0.1, -0.05) is 6.92 Å². The second kappa shape index (κ2) is 4.72. The zero-order valence-corrected chi connectivity index (χ0v) is 12.0. The number of hydrogen-bond donors (Lipinski definition) is 1. The summed E-state index contributed by atoms with van der Waals surface area (Å²) in [5, 5.41) is 4.46. The van der Waals surface area contributed by atoms with E-state index in [-0.39, 0.29) is 5.25 Å². The molecule has 2 heterocycles. The van der Waals surface area contributed by atoms with Gasteiger partial charge in [-0.3, -0.25) is 13.5 Å². The number of anilines is 1. The Morgan fingerprint density at radius 1 is 1.50 bits per heavy atom. The summed E-state index contributed by atoms with van der Waals surface area (Å²) in [6.45, 7) is 4.58. The summed E-state index contributed by atoms with van der Waals surface area (Å²) in [6.07, 6.45) is 2.53. The van der Waals surface area contributed by atoms with Crippen LogP contribution in [-0.2, 0) is 30.8 Å². The van der Waals surface area contributed by atoms with Crippen molar-refractivity contribution in [3.63, 3.8) is 0 Å². The molecule has 0 aliphatic rings. The molecular formula is C11H19N5OS. The van der Waals surface area contributed by atoms with Crippen molar-refractivity contribution in [2.24, 2.45) is 7.05 Å². The van der Waals surface area contributed by atoms with E-state index in [4.69, 9.17) is 5.73 Å². The van der Waals surface area contributed by atoms with Gasteiger partial charge in [-0.2, -0.15) is 5.10 Å². The van der Waals surface area contributed by atoms with Crippen LogP contribution < -0.4 is 5.73 Å². The summed E-state index contributed by atoms with van der Waals surface area (Å²) in [4.78, 5) is 4.38. The number of rotatable bonds is 4. The highest BCUT2D eigenvalue weighted by molar-refractivity contribution is 7.84. The van der Waals surface area contributed by atoms with Gasteiger partial charge in [-0.05, 0) is 13.3 Å². The molecule has 0 saturated heterocycles. The molecule has 0 amide bonds. The first kappa shape index (κ1) is 13.1. The Morgan fingerprint density at radius 2 is 2.17 bits per heavy atom. The molecule has 0 spiro atoms. The Bertz CT molecular complexity index is 600. The minimum atomic E-state index is -0.882. The van der Waals surface area contributed by atoms with E-state index in [0.717, 1.165) is 23.3 Å². The predicted molar refractivity (Wildman–Crippen MR) is 73.8 cm³/mol. The van der Waals surface area contributed by atoms with Crippen molar-refractivity contribution < 1.29 is 4.21 Å². The molecule has 7 heteroatoms.